The molecule has 0 amide bonds. The Balaban J connectivity index is 0.00000387. The molecule has 2 aliphatic rings. The minimum absolute atomic E-state index is 0. The number of hydrogen-bond acceptors (Lipinski definition) is 2. The normalized spacial score (nSPS) is 16.8. The van der Waals surface area contributed by atoms with Crippen LogP contribution in [0.1, 0.15) is 138 Å². The Morgan fingerprint density at radius 1 is 0.488 bits per heavy atom. The van der Waals surface area contributed by atoms with E-state index < -0.39 is 0 Å². The predicted octanol–water partition coefficient (Wildman–Crippen LogP) is 9.98. The first kappa shape index (κ1) is 31.5. The second-order valence-electron chi connectivity index (χ2n) is 11.3. The molecule has 3 aromatic heterocycles. The molecule has 0 aromatic carbocycles. The fourth-order valence-electron chi connectivity index (χ4n) is 7.51. The number of fused-ring (bicyclic) bond motifs is 8. The number of nitrogens with one attached hydrogen (secondary N) is 2. The van der Waals surface area contributed by atoms with E-state index in [0.29, 0.717) is 11.8 Å². The number of aromatic nitrogens is 4. The number of H-pyrrole nitrogens is 2. The first-order chi connectivity index (χ1) is 19.5. The number of nitrogens with zero attached hydrogens (tertiary/aromatic N) is 2. The Labute approximate surface area is 261 Å². The smallest absolute Gasteiger partial charge is 0.0693 e. The van der Waals surface area contributed by atoms with Gasteiger partial charge >= 0.3 is 0 Å². The van der Waals surface area contributed by atoms with Crippen molar-refractivity contribution < 1.29 is 21.1 Å². The molecule has 2 unspecified atom stereocenters. The van der Waals surface area contributed by atoms with Crippen LogP contribution in [0.25, 0.3) is 33.2 Å². The molecular formula is C36H48N4Pt. The van der Waals surface area contributed by atoms with Crippen molar-refractivity contribution in [3.05, 3.63) is 69.3 Å². The van der Waals surface area contributed by atoms with Gasteiger partial charge in [-0.05, 0) is 109 Å². The second kappa shape index (κ2) is 13.2. The van der Waals surface area contributed by atoms with Crippen molar-refractivity contribution in [1.82, 2.24) is 19.9 Å². The summed E-state index contributed by atoms with van der Waals surface area (Å²) >= 11 is 0. The van der Waals surface area contributed by atoms with Gasteiger partial charge in [-0.1, -0.05) is 55.4 Å². The van der Waals surface area contributed by atoms with Crippen LogP contribution < -0.4 is 0 Å². The molecule has 5 rings (SSSR count). The number of allylic oxidation sites excluding steroid dienone is 2. The predicted molar refractivity (Wildman–Crippen MR) is 172 cm³/mol. The van der Waals surface area contributed by atoms with Crippen LogP contribution in [0.3, 0.4) is 0 Å². The summed E-state index contributed by atoms with van der Waals surface area (Å²) in [5.41, 5.74) is 18.0. The first-order valence-corrected chi connectivity index (χ1v) is 16.0. The molecule has 8 bridgehead atoms. The van der Waals surface area contributed by atoms with Gasteiger partial charge in [-0.2, -0.15) is 0 Å². The summed E-state index contributed by atoms with van der Waals surface area (Å²) in [4.78, 5) is 18.4. The van der Waals surface area contributed by atoms with Gasteiger partial charge in [0.25, 0.3) is 0 Å². The average molecular weight is 732 g/mol. The van der Waals surface area contributed by atoms with Crippen molar-refractivity contribution in [2.45, 2.75) is 119 Å². The van der Waals surface area contributed by atoms with Crippen LogP contribution in [-0.4, -0.2) is 19.9 Å². The number of rotatable bonds is 8. The maximum Gasteiger partial charge on any atom is 0.0693 e. The van der Waals surface area contributed by atoms with Crippen LogP contribution in [0, 0.1) is 0 Å². The molecule has 0 spiro atoms. The van der Waals surface area contributed by atoms with Gasteiger partial charge in [-0.15, -0.1) is 0 Å². The van der Waals surface area contributed by atoms with Crippen molar-refractivity contribution in [3.63, 3.8) is 0 Å². The van der Waals surface area contributed by atoms with Gasteiger partial charge in [0.1, 0.15) is 0 Å². The monoisotopic (exact) mass is 731 g/mol. The summed E-state index contributed by atoms with van der Waals surface area (Å²) in [6, 6.07) is 9.38. The SMILES string of the molecule is CCC1=C(CC)c2cc3[nH]c(cc4[nH]c(cc5nc(cc1n2)C(CC)C5CC)c(CC)c4CC)c(CC)c3CC.[Pt]. The third-order valence-electron chi connectivity index (χ3n) is 9.44. The Morgan fingerprint density at radius 2 is 0.878 bits per heavy atom. The molecule has 3 aromatic rings. The first-order valence-electron chi connectivity index (χ1n) is 16.0. The maximum absolute atomic E-state index is 5.35. The van der Waals surface area contributed by atoms with Crippen LogP contribution in [-0.2, 0) is 46.7 Å². The average Bonchev–Trinajstić information content (AvgIpc) is 3.67. The molecular weight excluding hydrogens is 684 g/mol. The molecule has 0 radical (unpaired) electrons. The van der Waals surface area contributed by atoms with Gasteiger partial charge in [-0.3, -0.25) is 4.98 Å². The maximum atomic E-state index is 5.35. The Hall–Kier alpha value is -2.45. The van der Waals surface area contributed by atoms with Gasteiger partial charge in [-0.25, -0.2) is 4.98 Å². The van der Waals surface area contributed by atoms with Crippen molar-refractivity contribution in [3.8, 4) is 0 Å². The van der Waals surface area contributed by atoms with Gasteiger partial charge in [0.2, 0.25) is 0 Å². The molecule has 4 nitrogen and oxygen atoms in total. The molecule has 0 saturated heterocycles. The summed E-state index contributed by atoms with van der Waals surface area (Å²) in [5, 5.41) is 0. The van der Waals surface area contributed by atoms with Crippen LogP contribution in [0.2, 0.25) is 0 Å². The number of aromatic amines is 2. The Kier molecular flexibility index (Phi) is 10.2. The van der Waals surface area contributed by atoms with Crippen LogP contribution in [0.4, 0.5) is 0 Å². The quantitative estimate of drug-likeness (QED) is 0.242. The Bertz CT molecular complexity index is 1600. The van der Waals surface area contributed by atoms with Crippen LogP contribution >= 0.6 is 0 Å². The molecule has 222 valence electrons. The van der Waals surface area contributed by atoms with E-state index in [1.54, 1.807) is 0 Å². The molecule has 2 aliphatic heterocycles. The molecule has 0 saturated carbocycles. The summed E-state index contributed by atoms with van der Waals surface area (Å²) in [6.07, 6.45) is 8.15. The third kappa shape index (κ3) is 5.42. The zero-order valence-electron chi connectivity index (χ0n) is 26.3. The second-order valence-corrected chi connectivity index (χ2v) is 11.3. The number of hydrogen-bond donors (Lipinski definition) is 2. The van der Waals surface area contributed by atoms with Crippen LogP contribution in [0.5, 0.6) is 0 Å². The van der Waals surface area contributed by atoms with E-state index >= 15 is 0 Å². The summed E-state index contributed by atoms with van der Waals surface area (Å²) in [5.74, 6) is 0.852. The van der Waals surface area contributed by atoms with Crippen molar-refractivity contribution in [1.29, 1.82) is 0 Å². The van der Waals surface area contributed by atoms with Crippen molar-refractivity contribution in [2.75, 3.05) is 0 Å². The van der Waals surface area contributed by atoms with Gasteiger partial charge in [0.05, 0.1) is 11.4 Å². The summed E-state index contributed by atoms with van der Waals surface area (Å²) < 4.78 is 0. The zero-order chi connectivity index (χ0) is 28.6. The Morgan fingerprint density at radius 3 is 1.29 bits per heavy atom. The van der Waals surface area contributed by atoms with E-state index in [4.69, 9.17) is 9.97 Å². The molecule has 41 heavy (non-hydrogen) atoms. The molecule has 2 N–H and O–H groups in total. The van der Waals surface area contributed by atoms with Gasteiger partial charge in [0.15, 0.2) is 0 Å². The molecule has 2 atom stereocenters. The molecule has 5 heteroatoms. The zero-order valence-corrected chi connectivity index (χ0v) is 28.6. The van der Waals surface area contributed by atoms with E-state index in [1.807, 2.05) is 0 Å². The van der Waals surface area contributed by atoms with Crippen molar-refractivity contribution >= 4 is 33.2 Å². The minimum atomic E-state index is 0. The van der Waals surface area contributed by atoms with E-state index in [-0.39, 0.29) is 21.1 Å². The third-order valence-corrected chi connectivity index (χ3v) is 9.44. The fraction of sp³-hybridized carbons (Fsp3) is 0.500. The molecule has 0 aliphatic carbocycles. The summed E-state index contributed by atoms with van der Waals surface area (Å²) in [6.45, 7) is 18.3. The van der Waals surface area contributed by atoms with E-state index in [9.17, 15) is 0 Å². The fourth-order valence-corrected chi connectivity index (χ4v) is 7.51. The van der Waals surface area contributed by atoms with E-state index in [0.717, 1.165) is 62.8 Å². The standard InChI is InChI=1S/C36H48N4.Pt/c1-9-21-22(10-2)30-18-32-25(13-5)26(14-6)34(39-32)20-36-28(16-8)27(15-7)35(40-36)19-33-24(12-4)23(11-3)31(38-33)17-29(21)37-30;/h17-22,38,40H,9-16H2,1-8H3;. The largest absolute Gasteiger partial charge is 0.355 e. The molecule has 5 heterocycles. The molecule has 0 fully saturated rings. The van der Waals surface area contributed by atoms with Crippen LogP contribution in [0.15, 0.2) is 24.3 Å². The minimum Gasteiger partial charge on any atom is -0.355 e. The van der Waals surface area contributed by atoms with Gasteiger partial charge < -0.3 is 9.97 Å². The van der Waals surface area contributed by atoms with Crippen molar-refractivity contribution in [2.24, 2.45) is 0 Å². The van der Waals surface area contributed by atoms with E-state index in [1.165, 1.54) is 66.9 Å². The van der Waals surface area contributed by atoms with Gasteiger partial charge in [0, 0.05) is 66.4 Å². The number of aryl methyl sites for hydroxylation is 4. The summed E-state index contributed by atoms with van der Waals surface area (Å²) in [7, 11) is 0. The topological polar surface area (TPSA) is 57.4 Å². The van der Waals surface area contributed by atoms with E-state index in [2.05, 4.69) is 89.6 Å².